The Kier molecular flexibility index (Phi) is 5.76. The summed E-state index contributed by atoms with van der Waals surface area (Å²) in [6.45, 7) is 6.20. The maximum atomic E-state index is 11.9. The zero-order chi connectivity index (χ0) is 20.7. The lowest BCUT2D eigenvalue weighted by atomic mass is 9.98. The number of carbonyl (C=O) groups excluding carboxylic acids is 1. The van der Waals surface area contributed by atoms with Gasteiger partial charge in [0.1, 0.15) is 36.6 Å². The fourth-order valence-corrected chi connectivity index (χ4v) is 3.27. The Morgan fingerprint density at radius 2 is 1.82 bits per heavy atom. The Morgan fingerprint density at radius 1 is 1.14 bits per heavy atom. The maximum Gasteiger partial charge on any atom is 0.229 e. The summed E-state index contributed by atoms with van der Waals surface area (Å²) in [5, 5.41) is 49.8. The van der Waals surface area contributed by atoms with Crippen molar-refractivity contribution >= 4 is 5.78 Å². The van der Waals surface area contributed by atoms with E-state index in [0.29, 0.717) is 11.1 Å². The number of rotatable bonds is 5. The van der Waals surface area contributed by atoms with Gasteiger partial charge in [-0.05, 0) is 31.6 Å². The highest BCUT2D eigenvalue weighted by Gasteiger charge is 2.45. The molecule has 1 fully saturated rings. The highest BCUT2D eigenvalue weighted by Crippen LogP contribution is 2.46. The third-order valence-corrected chi connectivity index (χ3v) is 4.92. The van der Waals surface area contributed by atoms with Gasteiger partial charge in [-0.2, -0.15) is 0 Å². The first-order chi connectivity index (χ1) is 13.1. The number of benzene rings is 1. The summed E-state index contributed by atoms with van der Waals surface area (Å²) in [7, 11) is 0. The molecule has 1 aromatic rings. The van der Waals surface area contributed by atoms with E-state index in [0.717, 1.165) is 0 Å². The maximum absolute atomic E-state index is 11.9. The van der Waals surface area contributed by atoms with Crippen LogP contribution in [0.1, 0.15) is 35.9 Å². The number of hydrogen-bond donors (Lipinski definition) is 5. The van der Waals surface area contributed by atoms with Crippen LogP contribution >= 0.6 is 0 Å². The quantitative estimate of drug-likeness (QED) is 0.326. The lowest BCUT2D eigenvalue weighted by Gasteiger charge is -2.39. The van der Waals surface area contributed by atoms with E-state index in [9.17, 15) is 30.3 Å². The molecule has 1 saturated heterocycles. The van der Waals surface area contributed by atoms with Crippen LogP contribution in [0, 0.1) is 0 Å². The molecule has 0 radical (unpaired) electrons. The summed E-state index contributed by atoms with van der Waals surface area (Å²) < 4.78 is 16.7. The van der Waals surface area contributed by atoms with Gasteiger partial charge in [-0.25, -0.2) is 0 Å². The standard InChI is InChI=1S/C19H24O9/c1-7(2)17-13(22)10-4-9(8(3)21)5-11(18(10)28-17)26-19-16(25)15(24)14(23)12(6-20)27-19/h4-5,12-17,19-20,22-25H,1,6H2,2-3H3. The van der Waals surface area contributed by atoms with E-state index in [-0.39, 0.29) is 22.8 Å². The zero-order valence-electron chi connectivity index (χ0n) is 15.5. The SMILES string of the molecule is C=C(C)C1Oc2c(OC3OC(CO)C(O)C(O)C3O)cc(C(C)=O)cc2C1O. The van der Waals surface area contributed by atoms with Crippen molar-refractivity contribution in [2.45, 2.75) is 56.8 Å². The molecule has 2 heterocycles. The Bertz CT molecular complexity index is 775. The van der Waals surface area contributed by atoms with Gasteiger partial charge in [0.05, 0.1) is 6.61 Å². The van der Waals surface area contributed by atoms with Gasteiger partial charge >= 0.3 is 0 Å². The number of fused-ring (bicyclic) bond motifs is 1. The van der Waals surface area contributed by atoms with E-state index in [4.69, 9.17) is 14.2 Å². The van der Waals surface area contributed by atoms with E-state index in [1.54, 1.807) is 6.92 Å². The smallest absolute Gasteiger partial charge is 0.229 e. The van der Waals surface area contributed by atoms with Gasteiger partial charge in [0.15, 0.2) is 17.3 Å². The average Bonchev–Trinajstić information content (AvgIpc) is 2.99. The molecule has 5 N–H and O–H groups in total. The highest BCUT2D eigenvalue weighted by molar-refractivity contribution is 5.95. The molecule has 0 spiro atoms. The van der Waals surface area contributed by atoms with E-state index >= 15 is 0 Å². The molecule has 0 aromatic heterocycles. The van der Waals surface area contributed by atoms with Gasteiger partial charge < -0.3 is 39.7 Å². The van der Waals surface area contributed by atoms with Crippen molar-refractivity contribution in [3.05, 3.63) is 35.4 Å². The number of ketones is 1. The van der Waals surface area contributed by atoms with Crippen molar-refractivity contribution in [3.63, 3.8) is 0 Å². The van der Waals surface area contributed by atoms with Crippen molar-refractivity contribution in [3.8, 4) is 11.5 Å². The predicted octanol–water partition coefficient (Wildman–Crippen LogP) is -0.562. The highest BCUT2D eigenvalue weighted by atomic mass is 16.7. The lowest BCUT2D eigenvalue weighted by molar-refractivity contribution is -0.277. The predicted molar refractivity (Wildman–Crippen MR) is 95.0 cm³/mol. The molecule has 7 unspecified atom stereocenters. The molecule has 0 bridgehead atoms. The molecule has 0 amide bonds. The van der Waals surface area contributed by atoms with E-state index in [1.165, 1.54) is 19.1 Å². The van der Waals surface area contributed by atoms with Crippen LogP contribution < -0.4 is 9.47 Å². The van der Waals surface area contributed by atoms with Crippen LogP contribution in [0.4, 0.5) is 0 Å². The van der Waals surface area contributed by atoms with Gasteiger partial charge in [-0.1, -0.05) is 6.58 Å². The van der Waals surface area contributed by atoms with Crippen molar-refractivity contribution < 1.29 is 44.5 Å². The van der Waals surface area contributed by atoms with Crippen LogP contribution in [0.5, 0.6) is 11.5 Å². The normalized spacial score (nSPS) is 34.5. The number of carbonyl (C=O) groups is 1. The van der Waals surface area contributed by atoms with Crippen molar-refractivity contribution in [1.82, 2.24) is 0 Å². The molecule has 2 aliphatic heterocycles. The van der Waals surface area contributed by atoms with E-state index in [1.807, 2.05) is 0 Å². The number of ether oxygens (including phenoxy) is 3. The fraction of sp³-hybridized carbons (Fsp3) is 0.526. The van der Waals surface area contributed by atoms with Gasteiger partial charge in [-0.15, -0.1) is 0 Å². The first-order valence-electron chi connectivity index (χ1n) is 8.81. The first-order valence-corrected chi connectivity index (χ1v) is 8.81. The van der Waals surface area contributed by atoms with Gasteiger partial charge in [0.2, 0.25) is 6.29 Å². The Balaban J connectivity index is 1.97. The van der Waals surface area contributed by atoms with Crippen molar-refractivity contribution in [1.29, 1.82) is 0 Å². The van der Waals surface area contributed by atoms with Gasteiger partial charge in [0.25, 0.3) is 0 Å². The van der Waals surface area contributed by atoms with Crippen LogP contribution in [-0.4, -0.2) is 74.7 Å². The molecule has 1 aromatic carbocycles. The monoisotopic (exact) mass is 396 g/mol. The Hall–Kier alpha value is -2.01. The minimum absolute atomic E-state index is 0.00910. The summed E-state index contributed by atoms with van der Waals surface area (Å²) in [5.41, 5.74) is 1.12. The molecule has 0 aliphatic carbocycles. The minimum atomic E-state index is -1.63. The fourth-order valence-electron chi connectivity index (χ4n) is 3.27. The molecule has 154 valence electrons. The van der Waals surface area contributed by atoms with Gasteiger partial charge in [-0.3, -0.25) is 4.79 Å². The van der Waals surface area contributed by atoms with E-state index in [2.05, 4.69) is 6.58 Å². The van der Waals surface area contributed by atoms with Crippen LogP contribution in [0.3, 0.4) is 0 Å². The molecule has 0 saturated carbocycles. The molecular formula is C19H24O9. The summed E-state index contributed by atoms with van der Waals surface area (Å²) in [5.74, 6) is -0.121. The number of aliphatic hydroxyl groups is 5. The molecule has 9 nitrogen and oxygen atoms in total. The third kappa shape index (κ3) is 3.52. The summed E-state index contributed by atoms with van der Waals surface area (Å²) in [6.07, 6.45) is -9.18. The van der Waals surface area contributed by atoms with E-state index < -0.39 is 49.5 Å². The number of aliphatic hydroxyl groups excluding tert-OH is 5. The van der Waals surface area contributed by atoms with Crippen LogP contribution in [0.25, 0.3) is 0 Å². The van der Waals surface area contributed by atoms with Crippen LogP contribution in [0.15, 0.2) is 24.3 Å². The second-order valence-electron chi connectivity index (χ2n) is 7.09. The lowest BCUT2D eigenvalue weighted by Crippen LogP contribution is -2.60. The minimum Gasteiger partial charge on any atom is -0.479 e. The summed E-state index contributed by atoms with van der Waals surface area (Å²) in [4.78, 5) is 11.9. The topological polar surface area (TPSA) is 146 Å². The summed E-state index contributed by atoms with van der Waals surface area (Å²) >= 11 is 0. The van der Waals surface area contributed by atoms with Crippen LogP contribution in [0.2, 0.25) is 0 Å². The number of Topliss-reactive ketones (excluding diaryl/α,β-unsaturated/α-hetero) is 1. The Morgan fingerprint density at radius 3 is 2.39 bits per heavy atom. The van der Waals surface area contributed by atoms with Crippen LogP contribution in [-0.2, 0) is 4.74 Å². The molecule has 9 heteroatoms. The van der Waals surface area contributed by atoms with Crippen molar-refractivity contribution in [2.24, 2.45) is 0 Å². The summed E-state index contributed by atoms with van der Waals surface area (Å²) in [6, 6.07) is 2.86. The molecule has 7 atom stereocenters. The molecule has 3 rings (SSSR count). The average molecular weight is 396 g/mol. The third-order valence-electron chi connectivity index (χ3n) is 4.92. The van der Waals surface area contributed by atoms with Crippen molar-refractivity contribution in [2.75, 3.05) is 6.61 Å². The van der Waals surface area contributed by atoms with Gasteiger partial charge in [0, 0.05) is 11.1 Å². The zero-order valence-corrected chi connectivity index (χ0v) is 15.5. The largest absolute Gasteiger partial charge is 0.479 e. The second kappa shape index (κ2) is 7.78. The molecular weight excluding hydrogens is 372 g/mol. The molecule has 28 heavy (non-hydrogen) atoms. The second-order valence-corrected chi connectivity index (χ2v) is 7.09. The Labute approximate surface area is 161 Å². The number of hydrogen-bond acceptors (Lipinski definition) is 9. The first kappa shape index (κ1) is 20.7. The molecule has 2 aliphatic rings.